The molecule has 0 fully saturated rings. The van der Waals surface area contributed by atoms with Gasteiger partial charge in [0.1, 0.15) is 0 Å². The number of hydrogen-bond acceptors (Lipinski definition) is 1. The lowest BCUT2D eigenvalue weighted by molar-refractivity contribution is 0.564. The Hall–Kier alpha value is -0.380. The maximum Gasteiger partial charge on any atom is 0.188 e. The maximum absolute atomic E-state index is 10.6. The number of rotatable bonds is 1. The third-order valence-corrected chi connectivity index (χ3v) is 2.43. The predicted molar refractivity (Wildman–Crippen MR) is 45.2 cm³/mol. The molecule has 0 heterocycles. The Morgan fingerprint density at radius 1 is 1.55 bits per heavy atom. The second kappa shape index (κ2) is 3.34. The molecule has 0 saturated heterocycles. The van der Waals surface area contributed by atoms with Crippen LogP contribution in [0, 0.1) is 6.92 Å². The first kappa shape index (κ1) is 8.71. The van der Waals surface area contributed by atoms with Crippen molar-refractivity contribution < 1.29 is 8.76 Å². The highest BCUT2D eigenvalue weighted by Gasteiger charge is 2.04. The standard InChI is InChI=1S/C7H7ClO2S/c1-5-2-3-7(11(9)10)6(8)4-5/h2-4H,1H3,(H,9,10). The summed E-state index contributed by atoms with van der Waals surface area (Å²) in [6.07, 6.45) is 0. The highest BCUT2D eigenvalue weighted by Crippen LogP contribution is 2.19. The summed E-state index contributed by atoms with van der Waals surface area (Å²) in [5.74, 6) is 0. The summed E-state index contributed by atoms with van der Waals surface area (Å²) in [6, 6.07) is 4.95. The molecule has 0 aliphatic carbocycles. The van der Waals surface area contributed by atoms with Gasteiger partial charge in [0, 0.05) is 0 Å². The number of hydrogen-bond donors (Lipinski definition) is 1. The van der Waals surface area contributed by atoms with Crippen LogP contribution in [0.4, 0.5) is 0 Å². The molecule has 0 spiro atoms. The van der Waals surface area contributed by atoms with Crippen LogP contribution in [0.15, 0.2) is 23.1 Å². The van der Waals surface area contributed by atoms with Crippen molar-refractivity contribution in [1.82, 2.24) is 0 Å². The average Bonchev–Trinajstić information content (AvgIpc) is 1.85. The van der Waals surface area contributed by atoms with Crippen LogP contribution in [0.2, 0.25) is 5.02 Å². The molecule has 0 aliphatic heterocycles. The van der Waals surface area contributed by atoms with Crippen molar-refractivity contribution in [2.24, 2.45) is 0 Å². The summed E-state index contributed by atoms with van der Waals surface area (Å²) in [5.41, 5.74) is 0.976. The van der Waals surface area contributed by atoms with Crippen molar-refractivity contribution in [1.29, 1.82) is 0 Å². The van der Waals surface area contributed by atoms with Gasteiger partial charge in [0.25, 0.3) is 0 Å². The minimum Gasteiger partial charge on any atom is -0.302 e. The van der Waals surface area contributed by atoms with E-state index in [2.05, 4.69) is 0 Å². The van der Waals surface area contributed by atoms with E-state index >= 15 is 0 Å². The second-order valence-electron chi connectivity index (χ2n) is 2.18. The summed E-state index contributed by atoms with van der Waals surface area (Å²) in [7, 11) is 0. The lowest BCUT2D eigenvalue weighted by Crippen LogP contribution is -1.89. The average molecular weight is 191 g/mol. The van der Waals surface area contributed by atoms with E-state index < -0.39 is 11.1 Å². The topological polar surface area (TPSA) is 37.3 Å². The van der Waals surface area contributed by atoms with E-state index in [1.54, 1.807) is 18.2 Å². The molecular formula is C7H7ClO2S. The molecule has 0 amide bonds. The fourth-order valence-electron chi connectivity index (χ4n) is 0.747. The molecule has 1 atom stereocenters. The normalized spacial score (nSPS) is 13.0. The number of benzene rings is 1. The first-order valence-corrected chi connectivity index (χ1v) is 4.47. The van der Waals surface area contributed by atoms with E-state index in [-0.39, 0.29) is 4.90 Å². The van der Waals surface area contributed by atoms with Gasteiger partial charge in [-0.1, -0.05) is 17.7 Å². The van der Waals surface area contributed by atoms with Gasteiger partial charge in [-0.2, -0.15) is 0 Å². The zero-order chi connectivity index (χ0) is 8.43. The van der Waals surface area contributed by atoms with Crippen LogP contribution in [0.3, 0.4) is 0 Å². The molecule has 1 N–H and O–H groups in total. The minimum absolute atomic E-state index is 0.261. The van der Waals surface area contributed by atoms with Gasteiger partial charge in [0.2, 0.25) is 0 Å². The summed E-state index contributed by atoms with van der Waals surface area (Å²) >= 11 is 3.69. The lowest BCUT2D eigenvalue weighted by atomic mass is 10.2. The molecule has 0 bridgehead atoms. The minimum atomic E-state index is -1.98. The fourth-order valence-corrected chi connectivity index (χ4v) is 1.59. The van der Waals surface area contributed by atoms with E-state index in [1.165, 1.54) is 0 Å². The molecule has 0 saturated carbocycles. The highest BCUT2D eigenvalue weighted by molar-refractivity contribution is 7.79. The third kappa shape index (κ3) is 2.02. The van der Waals surface area contributed by atoms with E-state index in [9.17, 15) is 4.21 Å². The molecular weight excluding hydrogens is 184 g/mol. The van der Waals surface area contributed by atoms with Crippen molar-refractivity contribution in [2.45, 2.75) is 11.8 Å². The van der Waals surface area contributed by atoms with Crippen molar-refractivity contribution >= 4 is 22.7 Å². The third-order valence-electron chi connectivity index (χ3n) is 1.28. The van der Waals surface area contributed by atoms with Gasteiger partial charge < -0.3 is 4.55 Å². The SMILES string of the molecule is Cc1ccc(S(=O)O)c(Cl)c1. The highest BCUT2D eigenvalue weighted by atomic mass is 35.5. The monoisotopic (exact) mass is 190 g/mol. The zero-order valence-corrected chi connectivity index (χ0v) is 7.45. The van der Waals surface area contributed by atoms with Crippen LogP contribution in [-0.2, 0) is 11.1 Å². The van der Waals surface area contributed by atoms with Crippen LogP contribution >= 0.6 is 11.6 Å². The fraction of sp³-hybridized carbons (Fsp3) is 0.143. The Morgan fingerprint density at radius 2 is 2.18 bits per heavy atom. The Labute approximate surface area is 72.5 Å². The number of aryl methyl sites for hydroxylation is 1. The van der Waals surface area contributed by atoms with Crippen molar-refractivity contribution in [3.8, 4) is 0 Å². The van der Waals surface area contributed by atoms with E-state index in [0.717, 1.165) is 5.56 Å². The van der Waals surface area contributed by atoms with Crippen molar-refractivity contribution in [3.63, 3.8) is 0 Å². The largest absolute Gasteiger partial charge is 0.302 e. The predicted octanol–water partition coefficient (Wildman–Crippen LogP) is 2.23. The molecule has 0 aromatic heterocycles. The van der Waals surface area contributed by atoms with Gasteiger partial charge in [0.05, 0.1) is 9.92 Å². The smallest absolute Gasteiger partial charge is 0.188 e. The molecule has 1 aromatic carbocycles. The Kier molecular flexibility index (Phi) is 2.65. The summed E-state index contributed by atoms with van der Waals surface area (Å²) in [5, 5.41) is 0.339. The summed E-state index contributed by atoms with van der Waals surface area (Å²) in [4.78, 5) is 0.261. The van der Waals surface area contributed by atoms with Crippen LogP contribution in [0.1, 0.15) is 5.56 Å². The van der Waals surface area contributed by atoms with Gasteiger partial charge in [-0.05, 0) is 24.6 Å². The van der Waals surface area contributed by atoms with Crippen molar-refractivity contribution in [3.05, 3.63) is 28.8 Å². The van der Waals surface area contributed by atoms with E-state index in [1.807, 2.05) is 6.92 Å². The van der Waals surface area contributed by atoms with Gasteiger partial charge in [-0.3, -0.25) is 0 Å². The van der Waals surface area contributed by atoms with Gasteiger partial charge >= 0.3 is 0 Å². The summed E-state index contributed by atoms with van der Waals surface area (Å²) in [6.45, 7) is 1.87. The molecule has 1 unspecified atom stereocenters. The molecule has 0 radical (unpaired) electrons. The van der Waals surface area contributed by atoms with Crippen LogP contribution < -0.4 is 0 Å². The second-order valence-corrected chi connectivity index (χ2v) is 3.53. The maximum atomic E-state index is 10.6. The molecule has 4 heteroatoms. The molecule has 0 aliphatic rings. The molecule has 60 valence electrons. The van der Waals surface area contributed by atoms with Gasteiger partial charge in [-0.15, -0.1) is 0 Å². The summed E-state index contributed by atoms with van der Waals surface area (Å²) < 4.78 is 19.2. The lowest BCUT2D eigenvalue weighted by Gasteiger charge is -1.98. The number of halogens is 1. The Balaban J connectivity index is 3.20. The first-order chi connectivity index (χ1) is 5.11. The van der Waals surface area contributed by atoms with E-state index in [0.29, 0.717) is 5.02 Å². The Morgan fingerprint density at radius 3 is 2.64 bits per heavy atom. The molecule has 2 nitrogen and oxygen atoms in total. The Bertz CT molecular complexity index is 298. The molecule has 1 aromatic rings. The zero-order valence-electron chi connectivity index (χ0n) is 5.87. The van der Waals surface area contributed by atoms with Crippen molar-refractivity contribution in [2.75, 3.05) is 0 Å². The molecule has 11 heavy (non-hydrogen) atoms. The van der Waals surface area contributed by atoms with Crippen LogP contribution in [0.25, 0.3) is 0 Å². The first-order valence-electron chi connectivity index (χ1n) is 2.98. The van der Waals surface area contributed by atoms with Crippen LogP contribution in [-0.4, -0.2) is 8.76 Å². The van der Waals surface area contributed by atoms with Gasteiger partial charge in [0.15, 0.2) is 11.1 Å². The van der Waals surface area contributed by atoms with E-state index in [4.69, 9.17) is 16.2 Å². The molecule has 1 rings (SSSR count). The quantitative estimate of drug-likeness (QED) is 0.690. The van der Waals surface area contributed by atoms with Crippen LogP contribution in [0.5, 0.6) is 0 Å². The van der Waals surface area contributed by atoms with Gasteiger partial charge in [-0.25, -0.2) is 4.21 Å².